The molecule has 2 rings (SSSR count). The highest BCUT2D eigenvalue weighted by Crippen LogP contribution is 2.34. The highest BCUT2D eigenvalue weighted by atomic mass is 35.5. The van der Waals surface area contributed by atoms with Crippen molar-refractivity contribution in [1.82, 2.24) is 4.90 Å². The molecule has 4 nitrogen and oxygen atoms in total. The topological polar surface area (TPSA) is 66.6 Å². The minimum Gasteiger partial charge on any atom is -0.399 e. The molecular formula is C13H16Cl2N2O2. The largest absolute Gasteiger partial charge is 0.399 e. The van der Waals surface area contributed by atoms with Crippen molar-refractivity contribution >= 4 is 34.8 Å². The van der Waals surface area contributed by atoms with Gasteiger partial charge in [0.25, 0.3) is 5.91 Å². The predicted molar refractivity (Wildman–Crippen MR) is 76.6 cm³/mol. The summed E-state index contributed by atoms with van der Waals surface area (Å²) in [5, 5.41) is 10.6. The number of rotatable bonds is 2. The van der Waals surface area contributed by atoms with Crippen LogP contribution in [0.4, 0.5) is 5.69 Å². The number of hydrogen-bond donors (Lipinski definition) is 2. The number of aliphatic hydroxyl groups is 1. The first-order valence-electron chi connectivity index (χ1n) is 6.01. The van der Waals surface area contributed by atoms with E-state index >= 15 is 0 Å². The quantitative estimate of drug-likeness (QED) is 0.825. The highest BCUT2D eigenvalue weighted by molar-refractivity contribution is 6.44. The molecule has 1 heterocycles. The van der Waals surface area contributed by atoms with Crippen LogP contribution in [0, 0.1) is 5.92 Å². The summed E-state index contributed by atoms with van der Waals surface area (Å²) in [6.07, 6.45) is 0. The third-order valence-corrected chi connectivity index (χ3v) is 4.37. The van der Waals surface area contributed by atoms with Gasteiger partial charge in [0, 0.05) is 5.69 Å². The minimum atomic E-state index is -0.813. The maximum atomic E-state index is 12.3. The Morgan fingerprint density at radius 3 is 2.53 bits per heavy atom. The molecule has 0 aliphatic carbocycles. The van der Waals surface area contributed by atoms with E-state index in [0.717, 1.165) is 0 Å². The Morgan fingerprint density at radius 2 is 2.00 bits per heavy atom. The van der Waals surface area contributed by atoms with Crippen molar-refractivity contribution in [3.63, 3.8) is 0 Å². The van der Waals surface area contributed by atoms with E-state index in [9.17, 15) is 9.90 Å². The lowest BCUT2D eigenvalue weighted by atomic mass is 9.82. The molecule has 0 spiro atoms. The summed E-state index contributed by atoms with van der Waals surface area (Å²) in [5.74, 6) is -0.166. The first-order valence-corrected chi connectivity index (χ1v) is 6.76. The summed E-state index contributed by atoms with van der Waals surface area (Å²) in [4.78, 5) is 13.8. The third-order valence-electron chi connectivity index (χ3n) is 3.57. The Kier molecular flexibility index (Phi) is 3.69. The van der Waals surface area contributed by atoms with Crippen LogP contribution in [-0.4, -0.2) is 34.6 Å². The highest BCUT2D eigenvalue weighted by Gasteiger charge is 2.46. The SMILES string of the molecule is CC(C)C1(O)CN(C(=O)c2cc(N)cc(Cl)c2Cl)C1. The summed E-state index contributed by atoms with van der Waals surface area (Å²) in [7, 11) is 0. The van der Waals surface area contributed by atoms with Gasteiger partial charge in [0.05, 0.1) is 28.7 Å². The fourth-order valence-corrected chi connectivity index (χ4v) is 2.48. The second-order valence-electron chi connectivity index (χ2n) is 5.28. The molecule has 0 saturated carbocycles. The zero-order chi connectivity index (χ0) is 14.4. The van der Waals surface area contributed by atoms with E-state index < -0.39 is 5.60 Å². The molecular weight excluding hydrogens is 287 g/mol. The van der Waals surface area contributed by atoms with E-state index in [1.54, 1.807) is 0 Å². The van der Waals surface area contributed by atoms with Crippen molar-refractivity contribution in [2.75, 3.05) is 18.8 Å². The normalized spacial score (nSPS) is 17.5. The van der Waals surface area contributed by atoms with Gasteiger partial charge in [0.2, 0.25) is 0 Å². The van der Waals surface area contributed by atoms with Crippen LogP contribution in [0.3, 0.4) is 0 Å². The molecule has 1 aliphatic heterocycles. The number of nitrogens with two attached hydrogens (primary N) is 1. The van der Waals surface area contributed by atoms with Gasteiger partial charge in [-0.05, 0) is 18.1 Å². The van der Waals surface area contributed by atoms with Crippen LogP contribution in [0.1, 0.15) is 24.2 Å². The number of hydrogen-bond acceptors (Lipinski definition) is 3. The molecule has 104 valence electrons. The molecule has 19 heavy (non-hydrogen) atoms. The summed E-state index contributed by atoms with van der Waals surface area (Å²) >= 11 is 11.9. The van der Waals surface area contributed by atoms with E-state index in [2.05, 4.69) is 0 Å². The first-order chi connectivity index (χ1) is 8.74. The fraction of sp³-hybridized carbons (Fsp3) is 0.462. The Morgan fingerprint density at radius 1 is 1.42 bits per heavy atom. The number of nitrogen functional groups attached to an aromatic ring is 1. The molecule has 1 saturated heterocycles. The first kappa shape index (κ1) is 14.4. The molecule has 0 aromatic heterocycles. The standard InChI is InChI=1S/C13H16Cl2N2O2/c1-7(2)13(19)5-17(6-13)12(18)9-3-8(16)4-10(14)11(9)15/h3-4,7,19H,5-6,16H2,1-2H3. The van der Waals surface area contributed by atoms with E-state index in [0.29, 0.717) is 18.8 Å². The number of anilines is 1. The van der Waals surface area contributed by atoms with Crippen LogP contribution < -0.4 is 5.73 Å². The third kappa shape index (κ3) is 2.53. The van der Waals surface area contributed by atoms with E-state index in [1.807, 2.05) is 13.8 Å². The van der Waals surface area contributed by atoms with Crippen LogP contribution in [0.2, 0.25) is 10.0 Å². The summed E-state index contributed by atoms with van der Waals surface area (Å²) in [6, 6.07) is 3.00. The molecule has 1 amide bonds. The zero-order valence-electron chi connectivity index (χ0n) is 10.8. The number of carbonyl (C=O) groups is 1. The van der Waals surface area contributed by atoms with Gasteiger partial charge in [0.15, 0.2) is 0 Å². The van der Waals surface area contributed by atoms with E-state index in [1.165, 1.54) is 17.0 Å². The van der Waals surface area contributed by atoms with Crippen molar-refractivity contribution in [3.05, 3.63) is 27.7 Å². The van der Waals surface area contributed by atoms with Crippen LogP contribution in [-0.2, 0) is 0 Å². The Labute approximate surface area is 122 Å². The second-order valence-corrected chi connectivity index (χ2v) is 6.07. The lowest BCUT2D eigenvalue weighted by Crippen LogP contribution is -2.66. The number of nitrogens with zero attached hydrogens (tertiary/aromatic N) is 1. The van der Waals surface area contributed by atoms with Crippen molar-refractivity contribution in [1.29, 1.82) is 0 Å². The molecule has 3 N–H and O–H groups in total. The molecule has 0 atom stereocenters. The van der Waals surface area contributed by atoms with Gasteiger partial charge >= 0.3 is 0 Å². The number of carbonyl (C=O) groups excluding carboxylic acids is 1. The number of amides is 1. The minimum absolute atomic E-state index is 0.0939. The zero-order valence-corrected chi connectivity index (χ0v) is 12.3. The van der Waals surface area contributed by atoms with E-state index in [-0.39, 0.29) is 27.4 Å². The number of halogens is 2. The van der Waals surface area contributed by atoms with Crippen LogP contribution in [0.5, 0.6) is 0 Å². The molecule has 1 fully saturated rings. The van der Waals surface area contributed by atoms with Crippen molar-refractivity contribution < 1.29 is 9.90 Å². The maximum Gasteiger partial charge on any atom is 0.255 e. The molecule has 1 aliphatic rings. The monoisotopic (exact) mass is 302 g/mol. The smallest absolute Gasteiger partial charge is 0.255 e. The van der Waals surface area contributed by atoms with Gasteiger partial charge in [-0.25, -0.2) is 0 Å². The Bertz CT molecular complexity index is 526. The summed E-state index contributed by atoms with van der Waals surface area (Å²) in [5.41, 5.74) is 5.51. The summed E-state index contributed by atoms with van der Waals surface area (Å²) in [6.45, 7) is 4.44. The van der Waals surface area contributed by atoms with E-state index in [4.69, 9.17) is 28.9 Å². The second kappa shape index (κ2) is 4.85. The van der Waals surface area contributed by atoms with Crippen molar-refractivity contribution in [2.45, 2.75) is 19.4 Å². The molecule has 6 heteroatoms. The van der Waals surface area contributed by atoms with Gasteiger partial charge < -0.3 is 15.7 Å². The Hall–Kier alpha value is -0.970. The van der Waals surface area contributed by atoms with Crippen molar-refractivity contribution in [2.24, 2.45) is 5.92 Å². The van der Waals surface area contributed by atoms with Crippen LogP contribution in [0.25, 0.3) is 0 Å². The molecule has 1 aromatic rings. The van der Waals surface area contributed by atoms with Crippen LogP contribution in [0.15, 0.2) is 12.1 Å². The number of benzene rings is 1. The number of β-amino-alcohol motifs (C(OH)–C–C–N with tert-alkyl or cyclic N) is 1. The molecule has 1 aromatic carbocycles. The van der Waals surface area contributed by atoms with Gasteiger partial charge in [-0.2, -0.15) is 0 Å². The maximum absolute atomic E-state index is 12.3. The lowest BCUT2D eigenvalue weighted by Gasteiger charge is -2.49. The fourth-order valence-electron chi connectivity index (χ4n) is 2.06. The van der Waals surface area contributed by atoms with Gasteiger partial charge in [-0.15, -0.1) is 0 Å². The molecule has 0 bridgehead atoms. The molecule has 0 unspecified atom stereocenters. The average molecular weight is 303 g/mol. The predicted octanol–water partition coefficient (Wildman–Crippen LogP) is 2.42. The molecule has 0 radical (unpaired) electrons. The van der Waals surface area contributed by atoms with Crippen molar-refractivity contribution in [3.8, 4) is 0 Å². The van der Waals surface area contributed by atoms with Gasteiger partial charge in [0.1, 0.15) is 5.60 Å². The van der Waals surface area contributed by atoms with Gasteiger partial charge in [-0.3, -0.25) is 4.79 Å². The number of likely N-dealkylation sites (tertiary alicyclic amines) is 1. The Balaban J connectivity index is 2.19. The van der Waals surface area contributed by atoms with Crippen LogP contribution >= 0.6 is 23.2 Å². The van der Waals surface area contributed by atoms with Gasteiger partial charge in [-0.1, -0.05) is 37.0 Å². The average Bonchev–Trinajstić information content (AvgIpc) is 2.28. The lowest BCUT2D eigenvalue weighted by molar-refractivity contribution is -0.110. The summed E-state index contributed by atoms with van der Waals surface area (Å²) < 4.78 is 0.